The van der Waals surface area contributed by atoms with Crippen molar-refractivity contribution < 1.29 is 8.78 Å². The summed E-state index contributed by atoms with van der Waals surface area (Å²) in [6.45, 7) is 1.87. The molecule has 1 aromatic heterocycles. The van der Waals surface area contributed by atoms with Crippen molar-refractivity contribution in [3.05, 3.63) is 38.8 Å². The Morgan fingerprint density at radius 3 is 2.76 bits per heavy atom. The number of aromatic nitrogens is 3. The maximum Gasteiger partial charge on any atom is 0.200 e. The Kier molecular flexibility index (Phi) is 3.39. The van der Waals surface area contributed by atoms with Gasteiger partial charge in [-0.15, -0.1) is 0 Å². The summed E-state index contributed by atoms with van der Waals surface area (Å²) in [4.78, 5) is 0. The molecule has 0 radical (unpaired) electrons. The number of aryl methyl sites for hydroxylation is 1. The Bertz CT molecular complexity index is 597. The van der Waals surface area contributed by atoms with Crippen molar-refractivity contribution in [2.75, 3.05) is 0 Å². The minimum atomic E-state index is -0.691. The smallest absolute Gasteiger partial charge is 0.200 e. The van der Waals surface area contributed by atoms with Gasteiger partial charge in [0.1, 0.15) is 11.6 Å². The molecule has 0 fully saturated rings. The number of halogens is 3. The zero-order valence-electron chi connectivity index (χ0n) is 8.80. The second-order valence-corrected chi connectivity index (χ2v) is 4.59. The van der Waals surface area contributed by atoms with Crippen molar-refractivity contribution in [2.45, 2.75) is 13.3 Å². The summed E-state index contributed by atoms with van der Waals surface area (Å²) in [5.41, 5.74) is 0.169. The molecule has 0 aliphatic rings. The highest BCUT2D eigenvalue weighted by molar-refractivity contribution is 9.10. The van der Waals surface area contributed by atoms with Crippen molar-refractivity contribution in [1.29, 1.82) is 0 Å². The van der Waals surface area contributed by atoms with E-state index in [1.165, 1.54) is 10.6 Å². The van der Waals surface area contributed by atoms with Crippen LogP contribution in [-0.4, -0.2) is 14.8 Å². The Morgan fingerprint density at radius 1 is 1.47 bits per heavy atom. The molecule has 0 saturated heterocycles. The van der Waals surface area contributed by atoms with E-state index in [2.05, 4.69) is 26.1 Å². The molecular weight excluding hydrogens is 312 g/mol. The molecule has 17 heavy (non-hydrogen) atoms. The third kappa shape index (κ3) is 2.16. The number of benzene rings is 1. The minimum absolute atomic E-state index is 0.169. The van der Waals surface area contributed by atoms with Gasteiger partial charge in [0, 0.05) is 17.0 Å². The molecule has 0 amide bonds. The standard InChI is InChI=1S/C10H8BrF2N3S/c1-2-8-14-15-10(17)16(8)9-6(11)3-5(12)4-7(9)13/h3-4H,2H2,1H3,(H,15,17). The first-order chi connectivity index (χ1) is 8.04. The molecule has 90 valence electrons. The molecule has 0 saturated carbocycles. The van der Waals surface area contributed by atoms with Crippen molar-refractivity contribution in [3.8, 4) is 5.69 Å². The second-order valence-electron chi connectivity index (χ2n) is 3.35. The van der Waals surface area contributed by atoms with E-state index in [0.717, 1.165) is 6.07 Å². The van der Waals surface area contributed by atoms with Gasteiger partial charge in [0.05, 0.1) is 5.69 Å². The molecule has 0 bridgehead atoms. The molecule has 0 spiro atoms. The number of nitrogens with one attached hydrogen (secondary N) is 1. The Balaban J connectivity index is 2.77. The zero-order valence-corrected chi connectivity index (χ0v) is 11.2. The van der Waals surface area contributed by atoms with Gasteiger partial charge in [-0.25, -0.2) is 8.78 Å². The lowest BCUT2D eigenvalue weighted by Gasteiger charge is -2.09. The topological polar surface area (TPSA) is 33.6 Å². The first-order valence-corrected chi connectivity index (χ1v) is 6.06. The molecule has 7 heteroatoms. The summed E-state index contributed by atoms with van der Waals surface area (Å²) in [7, 11) is 0. The van der Waals surface area contributed by atoms with Crippen LogP contribution in [-0.2, 0) is 6.42 Å². The monoisotopic (exact) mass is 319 g/mol. The van der Waals surface area contributed by atoms with Gasteiger partial charge in [-0.1, -0.05) is 6.92 Å². The number of hydrogen-bond donors (Lipinski definition) is 1. The second kappa shape index (κ2) is 4.66. The molecule has 0 unspecified atom stereocenters. The zero-order chi connectivity index (χ0) is 12.6. The average Bonchev–Trinajstić information content (AvgIpc) is 2.59. The van der Waals surface area contributed by atoms with E-state index in [9.17, 15) is 8.78 Å². The van der Waals surface area contributed by atoms with Crippen molar-refractivity contribution in [1.82, 2.24) is 14.8 Å². The van der Waals surface area contributed by atoms with Crippen LogP contribution in [0.15, 0.2) is 16.6 Å². The molecule has 0 aliphatic heterocycles. The highest BCUT2D eigenvalue weighted by Crippen LogP contribution is 2.26. The van der Waals surface area contributed by atoms with Gasteiger partial charge in [-0.3, -0.25) is 9.67 Å². The summed E-state index contributed by atoms with van der Waals surface area (Å²) < 4.78 is 28.8. The molecule has 2 rings (SSSR count). The van der Waals surface area contributed by atoms with Crippen molar-refractivity contribution in [2.24, 2.45) is 0 Å². The lowest BCUT2D eigenvalue weighted by molar-refractivity contribution is 0.574. The van der Waals surface area contributed by atoms with Crippen LogP contribution in [0.1, 0.15) is 12.7 Å². The average molecular weight is 320 g/mol. The summed E-state index contributed by atoms with van der Waals surface area (Å²) in [5.74, 6) is -0.753. The molecule has 1 N–H and O–H groups in total. The summed E-state index contributed by atoms with van der Waals surface area (Å²) in [5, 5.41) is 6.57. The Morgan fingerprint density at radius 2 is 2.18 bits per heavy atom. The number of H-pyrrole nitrogens is 1. The lowest BCUT2D eigenvalue weighted by atomic mass is 10.3. The molecule has 0 aliphatic carbocycles. The quantitative estimate of drug-likeness (QED) is 0.859. The van der Waals surface area contributed by atoms with E-state index < -0.39 is 11.6 Å². The van der Waals surface area contributed by atoms with Crippen LogP contribution in [0.2, 0.25) is 0 Å². The van der Waals surface area contributed by atoms with Crippen LogP contribution in [0.4, 0.5) is 8.78 Å². The molecule has 2 aromatic rings. The Hall–Kier alpha value is -1.08. The first-order valence-electron chi connectivity index (χ1n) is 4.85. The van der Waals surface area contributed by atoms with Gasteiger partial charge in [0.25, 0.3) is 0 Å². The number of nitrogens with zero attached hydrogens (tertiary/aromatic N) is 2. The van der Waals surface area contributed by atoms with Gasteiger partial charge in [-0.2, -0.15) is 5.10 Å². The summed E-state index contributed by atoms with van der Waals surface area (Å²) >= 11 is 8.16. The van der Waals surface area contributed by atoms with Crippen LogP contribution in [0.25, 0.3) is 5.69 Å². The fourth-order valence-electron chi connectivity index (χ4n) is 1.55. The first kappa shape index (κ1) is 12.4. The van der Waals surface area contributed by atoms with Crippen LogP contribution >= 0.6 is 28.1 Å². The van der Waals surface area contributed by atoms with E-state index in [1.807, 2.05) is 6.92 Å². The highest BCUT2D eigenvalue weighted by atomic mass is 79.9. The molecule has 1 heterocycles. The number of hydrogen-bond acceptors (Lipinski definition) is 2. The maximum absolute atomic E-state index is 13.8. The normalized spacial score (nSPS) is 10.8. The number of rotatable bonds is 2. The van der Waals surface area contributed by atoms with Crippen LogP contribution in [0.3, 0.4) is 0 Å². The third-order valence-electron chi connectivity index (χ3n) is 2.26. The maximum atomic E-state index is 13.8. The molecule has 0 atom stereocenters. The lowest BCUT2D eigenvalue weighted by Crippen LogP contribution is -2.04. The van der Waals surface area contributed by atoms with Gasteiger partial charge in [-0.05, 0) is 34.2 Å². The fourth-order valence-corrected chi connectivity index (χ4v) is 2.37. The van der Waals surface area contributed by atoms with Crippen molar-refractivity contribution in [3.63, 3.8) is 0 Å². The van der Waals surface area contributed by atoms with Gasteiger partial charge < -0.3 is 0 Å². The van der Waals surface area contributed by atoms with Crippen LogP contribution < -0.4 is 0 Å². The number of aromatic amines is 1. The van der Waals surface area contributed by atoms with Gasteiger partial charge >= 0.3 is 0 Å². The third-order valence-corrected chi connectivity index (χ3v) is 3.14. The van der Waals surface area contributed by atoms with Crippen LogP contribution in [0, 0.1) is 16.4 Å². The summed E-state index contributed by atoms with van der Waals surface area (Å²) in [6.07, 6.45) is 0.580. The fraction of sp³-hybridized carbons (Fsp3) is 0.200. The predicted octanol–water partition coefficient (Wildman–Crippen LogP) is 3.53. The van der Waals surface area contributed by atoms with E-state index in [1.54, 1.807) is 0 Å². The SMILES string of the molecule is CCc1n[nH]c(=S)n1-c1c(F)cc(F)cc1Br. The van der Waals surface area contributed by atoms with E-state index in [4.69, 9.17) is 12.2 Å². The van der Waals surface area contributed by atoms with Crippen molar-refractivity contribution >= 4 is 28.1 Å². The minimum Gasteiger partial charge on any atom is -0.268 e. The van der Waals surface area contributed by atoms with Crippen LogP contribution in [0.5, 0.6) is 0 Å². The highest BCUT2D eigenvalue weighted by Gasteiger charge is 2.15. The van der Waals surface area contributed by atoms with E-state index in [0.29, 0.717) is 16.7 Å². The largest absolute Gasteiger partial charge is 0.268 e. The molecule has 3 nitrogen and oxygen atoms in total. The molecule has 1 aromatic carbocycles. The molecular formula is C10H8BrF2N3S. The summed E-state index contributed by atoms with van der Waals surface area (Å²) in [6, 6.07) is 2.00. The van der Waals surface area contributed by atoms with E-state index >= 15 is 0 Å². The van der Waals surface area contributed by atoms with E-state index in [-0.39, 0.29) is 10.5 Å². The van der Waals surface area contributed by atoms with Gasteiger partial charge in [0.2, 0.25) is 0 Å². The Labute approximate surface area is 110 Å². The van der Waals surface area contributed by atoms with Gasteiger partial charge in [0.15, 0.2) is 10.6 Å². The predicted molar refractivity (Wildman–Crippen MR) is 65.7 cm³/mol.